The molecule has 0 saturated heterocycles. The number of hydrogen-bond acceptors (Lipinski definition) is 1. The van der Waals surface area contributed by atoms with Crippen LogP contribution in [0, 0.1) is 0 Å². The van der Waals surface area contributed by atoms with E-state index in [1.165, 1.54) is 5.56 Å². The van der Waals surface area contributed by atoms with Crippen LogP contribution in [0.1, 0.15) is 49.3 Å². The molecule has 1 saturated carbocycles. The van der Waals surface area contributed by atoms with Gasteiger partial charge in [0.25, 0.3) is 0 Å². The highest BCUT2D eigenvalue weighted by molar-refractivity contribution is 5.35. The molecule has 0 heterocycles. The molecule has 0 N–H and O–H groups in total. The summed E-state index contributed by atoms with van der Waals surface area (Å²) in [6.45, 7) is 5.19. The first-order chi connectivity index (χ1) is 12.9. The largest absolute Gasteiger partial charge is 0.398 e. The molecule has 1 nitrogen and oxygen atoms in total. The van der Waals surface area contributed by atoms with Gasteiger partial charge < -0.3 is 0 Å². The van der Waals surface area contributed by atoms with Gasteiger partial charge in [-0.2, -0.15) is 13.2 Å². The summed E-state index contributed by atoms with van der Waals surface area (Å²) in [6.07, 6.45) is -0.665. The third-order valence-electron chi connectivity index (χ3n) is 5.53. The Balaban J connectivity index is 1.52. The summed E-state index contributed by atoms with van der Waals surface area (Å²) in [6, 6.07) is 17.6. The van der Waals surface area contributed by atoms with Crippen LogP contribution in [0.15, 0.2) is 54.6 Å². The van der Waals surface area contributed by atoms with Crippen molar-refractivity contribution in [2.75, 3.05) is 13.1 Å². The number of rotatable bonds is 9. The van der Waals surface area contributed by atoms with Gasteiger partial charge in [0.05, 0.1) is 5.41 Å². The molecular weight excluding hydrogens is 347 g/mol. The fourth-order valence-corrected chi connectivity index (χ4v) is 3.79. The van der Waals surface area contributed by atoms with Gasteiger partial charge in [0.2, 0.25) is 0 Å². The zero-order chi connectivity index (χ0) is 19.3. The summed E-state index contributed by atoms with van der Waals surface area (Å²) in [5, 5.41) is 0. The van der Waals surface area contributed by atoms with E-state index in [-0.39, 0.29) is 12.8 Å². The van der Waals surface area contributed by atoms with Crippen molar-refractivity contribution in [2.24, 2.45) is 0 Å². The van der Waals surface area contributed by atoms with Gasteiger partial charge in [0.15, 0.2) is 0 Å². The van der Waals surface area contributed by atoms with Gasteiger partial charge in [-0.25, -0.2) is 0 Å². The summed E-state index contributed by atoms with van der Waals surface area (Å²) < 4.78 is 39.7. The maximum Gasteiger partial charge on any atom is 0.398 e. The molecule has 0 aliphatic heterocycles. The van der Waals surface area contributed by atoms with Crippen LogP contribution < -0.4 is 0 Å². The standard InChI is InChI=1S/C23H28F3N/c1-2-16-27(18-20-7-4-3-5-8-20)17-6-9-19-10-12-21(13-11-19)22(14-15-22)23(24,25)26/h3-5,7-8,10-13H,2,6,9,14-18H2,1H3. The maximum absolute atomic E-state index is 13.2. The van der Waals surface area contributed by atoms with Crippen LogP contribution in [0.5, 0.6) is 0 Å². The first-order valence-electron chi connectivity index (χ1n) is 9.87. The zero-order valence-electron chi connectivity index (χ0n) is 15.9. The van der Waals surface area contributed by atoms with Crippen molar-refractivity contribution in [3.8, 4) is 0 Å². The molecule has 0 spiro atoms. The Morgan fingerprint density at radius 2 is 1.56 bits per heavy atom. The van der Waals surface area contributed by atoms with E-state index in [4.69, 9.17) is 0 Å². The van der Waals surface area contributed by atoms with Gasteiger partial charge in [-0.15, -0.1) is 0 Å². The molecular formula is C23H28F3N. The molecule has 1 aliphatic rings. The second-order valence-electron chi connectivity index (χ2n) is 7.64. The summed E-state index contributed by atoms with van der Waals surface area (Å²) in [7, 11) is 0. The Hall–Kier alpha value is -1.81. The highest BCUT2D eigenvalue weighted by Gasteiger charge is 2.64. The van der Waals surface area contributed by atoms with Crippen molar-refractivity contribution in [3.63, 3.8) is 0 Å². The third-order valence-corrected chi connectivity index (χ3v) is 5.53. The average molecular weight is 375 g/mol. The van der Waals surface area contributed by atoms with Gasteiger partial charge in [0.1, 0.15) is 0 Å². The first kappa shape index (κ1) is 19.9. The lowest BCUT2D eigenvalue weighted by Gasteiger charge is -2.22. The molecule has 1 aliphatic carbocycles. The number of halogens is 3. The molecule has 3 rings (SSSR count). The number of hydrogen-bond donors (Lipinski definition) is 0. The van der Waals surface area contributed by atoms with E-state index in [9.17, 15) is 13.2 Å². The fraction of sp³-hybridized carbons (Fsp3) is 0.478. The van der Waals surface area contributed by atoms with Crippen molar-refractivity contribution in [1.29, 1.82) is 0 Å². The number of aryl methyl sites for hydroxylation is 1. The molecule has 0 unspecified atom stereocenters. The number of nitrogens with zero attached hydrogens (tertiary/aromatic N) is 1. The molecule has 27 heavy (non-hydrogen) atoms. The van der Waals surface area contributed by atoms with Crippen LogP contribution in [0.3, 0.4) is 0 Å². The van der Waals surface area contributed by atoms with Gasteiger partial charge in [-0.05, 0) is 61.9 Å². The summed E-state index contributed by atoms with van der Waals surface area (Å²) in [5.41, 5.74) is 1.29. The van der Waals surface area contributed by atoms with Gasteiger partial charge in [0, 0.05) is 6.54 Å². The smallest absolute Gasteiger partial charge is 0.299 e. The van der Waals surface area contributed by atoms with E-state index < -0.39 is 11.6 Å². The Morgan fingerprint density at radius 1 is 0.889 bits per heavy atom. The summed E-state index contributed by atoms with van der Waals surface area (Å²) in [5.74, 6) is 0. The predicted molar refractivity (Wildman–Crippen MR) is 104 cm³/mol. The lowest BCUT2D eigenvalue weighted by molar-refractivity contribution is -0.160. The fourth-order valence-electron chi connectivity index (χ4n) is 3.79. The van der Waals surface area contributed by atoms with E-state index in [0.717, 1.165) is 44.5 Å². The monoisotopic (exact) mass is 375 g/mol. The molecule has 0 amide bonds. The summed E-state index contributed by atoms with van der Waals surface area (Å²) >= 11 is 0. The third kappa shape index (κ3) is 4.92. The normalized spacial score (nSPS) is 15.9. The zero-order valence-corrected chi connectivity index (χ0v) is 15.9. The summed E-state index contributed by atoms with van der Waals surface area (Å²) in [4.78, 5) is 2.45. The first-order valence-corrected chi connectivity index (χ1v) is 9.87. The Kier molecular flexibility index (Phi) is 6.25. The average Bonchev–Trinajstić information content (AvgIpc) is 3.45. The van der Waals surface area contributed by atoms with E-state index in [0.29, 0.717) is 5.56 Å². The van der Waals surface area contributed by atoms with Crippen LogP contribution in [-0.2, 0) is 18.4 Å². The van der Waals surface area contributed by atoms with Crippen LogP contribution >= 0.6 is 0 Å². The maximum atomic E-state index is 13.2. The minimum absolute atomic E-state index is 0.224. The van der Waals surface area contributed by atoms with Crippen molar-refractivity contribution in [3.05, 3.63) is 71.3 Å². The number of alkyl halides is 3. The second-order valence-corrected chi connectivity index (χ2v) is 7.64. The van der Waals surface area contributed by atoms with Crippen molar-refractivity contribution < 1.29 is 13.2 Å². The molecule has 4 heteroatoms. The van der Waals surface area contributed by atoms with Gasteiger partial charge in [-0.1, -0.05) is 61.5 Å². The van der Waals surface area contributed by atoms with Gasteiger partial charge >= 0.3 is 6.18 Å². The SMILES string of the molecule is CCCN(CCCc1ccc(C2(C(F)(F)F)CC2)cc1)Cc1ccccc1. The van der Waals surface area contributed by atoms with E-state index in [2.05, 4.69) is 36.1 Å². The van der Waals surface area contributed by atoms with Crippen molar-refractivity contribution >= 4 is 0 Å². The van der Waals surface area contributed by atoms with Crippen LogP contribution in [0.4, 0.5) is 13.2 Å². The van der Waals surface area contributed by atoms with Crippen LogP contribution in [0.25, 0.3) is 0 Å². The Morgan fingerprint density at radius 3 is 2.11 bits per heavy atom. The highest BCUT2D eigenvalue weighted by atomic mass is 19.4. The highest BCUT2D eigenvalue weighted by Crippen LogP contribution is 2.58. The quantitative estimate of drug-likeness (QED) is 0.510. The van der Waals surface area contributed by atoms with Crippen molar-refractivity contribution in [2.45, 2.75) is 57.2 Å². The Bertz CT molecular complexity index is 703. The van der Waals surface area contributed by atoms with Crippen LogP contribution in [-0.4, -0.2) is 24.2 Å². The minimum Gasteiger partial charge on any atom is -0.299 e. The molecule has 0 aromatic heterocycles. The lowest BCUT2D eigenvalue weighted by Crippen LogP contribution is -2.28. The van der Waals surface area contributed by atoms with Gasteiger partial charge in [-0.3, -0.25) is 4.90 Å². The minimum atomic E-state index is -4.13. The Labute approximate surface area is 160 Å². The predicted octanol–water partition coefficient (Wildman–Crippen LogP) is 6.13. The molecule has 0 bridgehead atoms. The van der Waals surface area contributed by atoms with E-state index in [1.807, 2.05) is 18.2 Å². The molecule has 2 aromatic carbocycles. The van der Waals surface area contributed by atoms with Crippen LogP contribution in [0.2, 0.25) is 0 Å². The molecule has 146 valence electrons. The molecule has 0 radical (unpaired) electrons. The molecule has 2 aromatic rings. The lowest BCUT2D eigenvalue weighted by atomic mass is 9.94. The second kappa shape index (κ2) is 8.47. The van der Waals surface area contributed by atoms with E-state index >= 15 is 0 Å². The van der Waals surface area contributed by atoms with Crippen molar-refractivity contribution in [1.82, 2.24) is 4.90 Å². The molecule has 0 atom stereocenters. The van der Waals surface area contributed by atoms with E-state index in [1.54, 1.807) is 12.1 Å². The molecule has 1 fully saturated rings. The number of benzene rings is 2. The topological polar surface area (TPSA) is 3.24 Å².